The van der Waals surface area contributed by atoms with E-state index in [1.807, 2.05) is 12.1 Å². The molecule has 1 aromatic carbocycles. The minimum absolute atomic E-state index is 0.0160. The highest BCUT2D eigenvalue weighted by Gasteiger charge is 2.19. The summed E-state index contributed by atoms with van der Waals surface area (Å²) in [5.41, 5.74) is 1.11. The molecule has 0 aliphatic rings. The molecular weight excluding hydrogens is 290 g/mol. The smallest absolute Gasteiger partial charge is 0.309 e. The molecule has 0 saturated heterocycles. The summed E-state index contributed by atoms with van der Waals surface area (Å²) in [6.45, 7) is 5.81. The molecule has 0 spiro atoms. The Hall–Kier alpha value is -1.40. The monoisotopic (exact) mass is 313 g/mol. The van der Waals surface area contributed by atoms with Gasteiger partial charge in [-0.3, -0.25) is 4.79 Å². The minimum atomic E-state index is -3.60. The first-order valence-electron chi connectivity index (χ1n) is 6.99. The Labute approximate surface area is 126 Å². The number of esters is 1. The van der Waals surface area contributed by atoms with Crippen LogP contribution in [0.15, 0.2) is 29.2 Å². The van der Waals surface area contributed by atoms with Crippen molar-refractivity contribution < 1.29 is 17.9 Å². The number of hydrogen-bond acceptors (Lipinski definition) is 4. The zero-order valence-electron chi connectivity index (χ0n) is 12.9. The van der Waals surface area contributed by atoms with Crippen LogP contribution < -0.4 is 4.72 Å². The maximum absolute atomic E-state index is 12.1. The van der Waals surface area contributed by atoms with E-state index in [0.29, 0.717) is 5.92 Å². The third-order valence-electron chi connectivity index (χ3n) is 3.55. The van der Waals surface area contributed by atoms with Crippen molar-refractivity contribution in [3.63, 3.8) is 0 Å². The van der Waals surface area contributed by atoms with Gasteiger partial charge in [0.1, 0.15) is 0 Å². The number of hydrogen-bond donors (Lipinski definition) is 1. The maximum Gasteiger partial charge on any atom is 0.309 e. The van der Waals surface area contributed by atoms with E-state index in [9.17, 15) is 13.2 Å². The summed E-state index contributed by atoms with van der Waals surface area (Å²) in [6, 6.07) is 6.83. The van der Waals surface area contributed by atoms with E-state index in [4.69, 9.17) is 0 Å². The Morgan fingerprint density at radius 1 is 1.24 bits per heavy atom. The number of carbonyl (C=O) groups excluding carboxylic acids is 1. The molecule has 0 aliphatic carbocycles. The molecule has 0 unspecified atom stereocenters. The highest BCUT2D eigenvalue weighted by Crippen LogP contribution is 2.20. The van der Waals surface area contributed by atoms with Crippen LogP contribution >= 0.6 is 0 Å². The predicted molar refractivity (Wildman–Crippen MR) is 81.5 cm³/mol. The van der Waals surface area contributed by atoms with Gasteiger partial charge in [0.2, 0.25) is 10.0 Å². The summed E-state index contributed by atoms with van der Waals surface area (Å²) in [4.78, 5) is 11.5. The maximum atomic E-state index is 12.1. The third kappa shape index (κ3) is 4.82. The zero-order valence-corrected chi connectivity index (χ0v) is 13.7. The van der Waals surface area contributed by atoms with Crippen molar-refractivity contribution in [1.29, 1.82) is 0 Å². The van der Waals surface area contributed by atoms with Gasteiger partial charge in [-0.05, 0) is 30.0 Å². The zero-order chi connectivity index (χ0) is 16.0. The first-order valence-corrected chi connectivity index (χ1v) is 8.47. The summed E-state index contributed by atoms with van der Waals surface area (Å²) in [6.07, 6.45) is 1.00. The topological polar surface area (TPSA) is 72.5 Å². The molecule has 5 nitrogen and oxygen atoms in total. The lowest BCUT2D eigenvalue weighted by molar-refractivity contribution is -0.144. The highest BCUT2D eigenvalue weighted by molar-refractivity contribution is 7.89. The fraction of sp³-hybridized carbons (Fsp3) is 0.533. The first-order chi connectivity index (χ1) is 9.81. The van der Waals surface area contributed by atoms with Crippen molar-refractivity contribution in [3.05, 3.63) is 29.8 Å². The second kappa shape index (κ2) is 7.56. The van der Waals surface area contributed by atoms with Gasteiger partial charge < -0.3 is 4.74 Å². The van der Waals surface area contributed by atoms with Gasteiger partial charge in [0.15, 0.2) is 0 Å². The third-order valence-corrected chi connectivity index (χ3v) is 4.99. The summed E-state index contributed by atoms with van der Waals surface area (Å²) in [5, 5.41) is 0. The molecule has 0 aromatic heterocycles. The Morgan fingerprint density at radius 3 is 2.29 bits per heavy atom. The largest absolute Gasteiger partial charge is 0.469 e. The van der Waals surface area contributed by atoms with Crippen LogP contribution in [-0.2, 0) is 19.6 Å². The summed E-state index contributed by atoms with van der Waals surface area (Å²) in [7, 11) is -2.33. The minimum Gasteiger partial charge on any atom is -0.469 e. The molecular formula is C15H23NO4S. The molecule has 0 amide bonds. The van der Waals surface area contributed by atoms with Crippen LogP contribution in [0.1, 0.15) is 38.7 Å². The number of ether oxygens (including phenoxy) is 1. The Bertz CT molecular complexity index is 566. The molecule has 21 heavy (non-hydrogen) atoms. The lowest BCUT2D eigenvalue weighted by atomic mass is 9.99. The van der Waals surface area contributed by atoms with Crippen LogP contribution in [0.3, 0.4) is 0 Å². The summed E-state index contributed by atoms with van der Waals surface area (Å²) < 4.78 is 31.3. The molecule has 0 heterocycles. The van der Waals surface area contributed by atoms with Gasteiger partial charge >= 0.3 is 5.97 Å². The normalized spacial score (nSPS) is 14.5. The molecule has 2 atom stereocenters. The van der Waals surface area contributed by atoms with Crippen molar-refractivity contribution in [2.75, 3.05) is 13.7 Å². The lowest BCUT2D eigenvalue weighted by Gasteiger charge is -2.12. The van der Waals surface area contributed by atoms with Crippen LogP contribution in [0.4, 0.5) is 0 Å². The number of rotatable bonds is 7. The van der Waals surface area contributed by atoms with Crippen molar-refractivity contribution in [1.82, 2.24) is 4.72 Å². The van der Waals surface area contributed by atoms with Gasteiger partial charge in [0.25, 0.3) is 0 Å². The quantitative estimate of drug-likeness (QED) is 0.784. The van der Waals surface area contributed by atoms with E-state index >= 15 is 0 Å². The van der Waals surface area contributed by atoms with E-state index in [1.165, 1.54) is 7.11 Å². The van der Waals surface area contributed by atoms with E-state index in [2.05, 4.69) is 23.3 Å². The number of nitrogens with one attached hydrogen (secondary N) is 1. The Balaban J connectivity index is 2.77. The van der Waals surface area contributed by atoms with Crippen molar-refractivity contribution in [2.24, 2.45) is 5.92 Å². The van der Waals surface area contributed by atoms with Gasteiger partial charge in [0, 0.05) is 6.54 Å². The fourth-order valence-electron chi connectivity index (χ4n) is 1.81. The average molecular weight is 313 g/mol. The molecule has 1 aromatic rings. The Kier molecular flexibility index (Phi) is 6.36. The number of carbonyl (C=O) groups is 1. The standard InChI is InChI=1S/C15H23NO4S/c1-5-11(2)13-6-8-14(9-7-13)21(18,19)16-10-12(3)15(17)20-4/h6-9,11-12,16H,5,10H2,1-4H3/t11-,12-/m1/s1. The highest BCUT2D eigenvalue weighted by atomic mass is 32.2. The number of methoxy groups -OCH3 is 1. The van der Waals surface area contributed by atoms with Crippen LogP contribution in [-0.4, -0.2) is 28.0 Å². The van der Waals surface area contributed by atoms with E-state index in [1.54, 1.807) is 19.1 Å². The van der Waals surface area contributed by atoms with Gasteiger partial charge in [-0.1, -0.05) is 32.9 Å². The Morgan fingerprint density at radius 2 is 1.81 bits per heavy atom. The second-order valence-electron chi connectivity index (χ2n) is 5.15. The van der Waals surface area contributed by atoms with Crippen LogP contribution in [0.25, 0.3) is 0 Å². The SMILES string of the molecule is CC[C@@H](C)c1ccc(S(=O)(=O)NC[C@@H](C)C(=O)OC)cc1. The van der Waals surface area contributed by atoms with Gasteiger partial charge in [-0.2, -0.15) is 0 Å². The van der Waals surface area contributed by atoms with Gasteiger partial charge in [-0.25, -0.2) is 13.1 Å². The van der Waals surface area contributed by atoms with Crippen LogP contribution in [0.5, 0.6) is 0 Å². The molecule has 6 heteroatoms. The summed E-state index contributed by atoms with van der Waals surface area (Å²) >= 11 is 0. The van der Waals surface area contributed by atoms with Crippen molar-refractivity contribution in [2.45, 2.75) is 38.0 Å². The number of benzene rings is 1. The van der Waals surface area contributed by atoms with E-state index < -0.39 is 21.9 Å². The molecule has 0 fully saturated rings. The first kappa shape index (κ1) is 17.7. The molecule has 0 saturated carbocycles. The van der Waals surface area contributed by atoms with Crippen LogP contribution in [0, 0.1) is 5.92 Å². The fourth-order valence-corrected chi connectivity index (χ4v) is 2.94. The molecule has 0 radical (unpaired) electrons. The van der Waals surface area contributed by atoms with Gasteiger partial charge in [-0.15, -0.1) is 0 Å². The average Bonchev–Trinajstić information content (AvgIpc) is 2.51. The lowest BCUT2D eigenvalue weighted by Crippen LogP contribution is -2.32. The predicted octanol–water partition coefficient (Wildman–Crippen LogP) is 2.29. The van der Waals surface area contributed by atoms with Crippen LogP contribution in [0.2, 0.25) is 0 Å². The van der Waals surface area contributed by atoms with Gasteiger partial charge in [0.05, 0.1) is 17.9 Å². The molecule has 0 aliphatic heterocycles. The molecule has 118 valence electrons. The number of sulfonamides is 1. The van der Waals surface area contributed by atoms with E-state index in [-0.39, 0.29) is 11.4 Å². The van der Waals surface area contributed by atoms with E-state index in [0.717, 1.165) is 12.0 Å². The summed E-state index contributed by atoms with van der Waals surface area (Å²) in [5.74, 6) is -0.567. The molecule has 1 rings (SSSR count). The van der Waals surface area contributed by atoms with Crippen molar-refractivity contribution >= 4 is 16.0 Å². The molecule has 1 N–H and O–H groups in total. The second-order valence-corrected chi connectivity index (χ2v) is 6.92. The molecule has 0 bridgehead atoms. The van der Waals surface area contributed by atoms with Crippen molar-refractivity contribution in [3.8, 4) is 0 Å².